The molecule has 3 aromatic rings. The first-order valence-electron chi connectivity index (χ1n) is 9.84. The van der Waals surface area contributed by atoms with Crippen molar-refractivity contribution in [1.29, 1.82) is 0 Å². The molecule has 6 heteroatoms. The molecular formula is C24H26N4O2. The van der Waals surface area contributed by atoms with E-state index in [0.717, 1.165) is 27.9 Å². The van der Waals surface area contributed by atoms with Crippen molar-refractivity contribution in [2.75, 3.05) is 11.1 Å². The predicted molar refractivity (Wildman–Crippen MR) is 120 cm³/mol. The molecule has 2 amide bonds. The van der Waals surface area contributed by atoms with Crippen molar-refractivity contribution in [3.05, 3.63) is 77.5 Å². The quantitative estimate of drug-likeness (QED) is 0.581. The highest BCUT2D eigenvalue weighted by molar-refractivity contribution is 5.99. The number of aryl methyl sites for hydroxylation is 1. The third-order valence-corrected chi connectivity index (χ3v) is 4.61. The van der Waals surface area contributed by atoms with Crippen molar-refractivity contribution >= 4 is 23.3 Å². The predicted octanol–water partition coefficient (Wildman–Crippen LogP) is 3.96. The van der Waals surface area contributed by atoms with Gasteiger partial charge in [0.15, 0.2) is 0 Å². The van der Waals surface area contributed by atoms with Crippen LogP contribution in [0.1, 0.15) is 35.3 Å². The Bertz CT molecular complexity index is 1060. The summed E-state index contributed by atoms with van der Waals surface area (Å²) in [5.74, 6) is -0.131. The number of hydrogen-bond donors (Lipinski definition) is 3. The van der Waals surface area contributed by atoms with Crippen molar-refractivity contribution in [3.63, 3.8) is 0 Å². The Morgan fingerprint density at radius 2 is 1.80 bits per heavy atom. The highest BCUT2D eigenvalue weighted by Gasteiger charge is 2.14. The van der Waals surface area contributed by atoms with Gasteiger partial charge < -0.3 is 16.4 Å². The lowest BCUT2D eigenvalue weighted by atomic mass is 9.99. The number of benzene rings is 2. The Labute approximate surface area is 176 Å². The lowest BCUT2D eigenvalue weighted by molar-refractivity contribution is -0.115. The van der Waals surface area contributed by atoms with Gasteiger partial charge in [0, 0.05) is 23.5 Å². The summed E-state index contributed by atoms with van der Waals surface area (Å²) in [5.41, 5.74) is 10.6. The van der Waals surface area contributed by atoms with Gasteiger partial charge in [-0.25, -0.2) is 4.98 Å². The SMILES string of the molecule is Cc1cc(NC(=O)Cc2ccccc2)ccc1-c1cnc(N)c(C(=O)NC(C)C)c1. The number of aromatic nitrogens is 1. The molecule has 1 heterocycles. The van der Waals surface area contributed by atoms with Gasteiger partial charge in [0.1, 0.15) is 5.82 Å². The lowest BCUT2D eigenvalue weighted by Crippen LogP contribution is -2.30. The number of hydrogen-bond acceptors (Lipinski definition) is 4. The molecule has 0 aliphatic heterocycles. The standard InChI is InChI=1S/C24H26N4O2/c1-15(2)27-24(30)21-13-18(14-26-23(21)25)20-10-9-19(11-16(20)3)28-22(29)12-17-7-5-4-6-8-17/h4-11,13-15H,12H2,1-3H3,(H2,25,26)(H,27,30)(H,28,29). The zero-order chi connectivity index (χ0) is 21.7. The monoisotopic (exact) mass is 402 g/mol. The maximum absolute atomic E-state index is 12.4. The van der Waals surface area contributed by atoms with E-state index in [0.29, 0.717) is 12.0 Å². The molecule has 30 heavy (non-hydrogen) atoms. The van der Waals surface area contributed by atoms with E-state index in [4.69, 9.17) is 5.73 Å². The van der Waals surface area contributed by atoms with Crippen molar-refractivity contribution in [1.82, 2.24) is 10.3 Å². The Morgan fingerprint density at radius 1 is 1.07 bits per heavy atom. The van der Waals surface area contributed by atoms with Crippen LogP contribution >= 0.6 is 0 Å². The maximum atomic E-state index is 12.4. The molecular weight excluding hydrogens is 376 g/mol. The molecule has 0 aliphatic carbocycles. The molecule has 0 atom stereocenters. The first kappa shape index (κ1) is 21.0. The number of carbonyl (C=O) groups excluding carboxylic acids is 2. The van der Waals surface area contributed by atoms with Crippen LogP contribution < -0.4 is 16.4 Å². The molecule has 0 saturated carbocycles. The number of anilines is 2. The van der Waals surface area contributed by atoms with Crippen molar-refractivity contribution < 1.29 is 9.59 Å². The Hall–Kier alpha value is -3.67. The first-order chi connectivity index (χ1) is 14.3. The number of carbonyl (C=O) groups is 2. The summed E-state index contributed by atoms with van der Waals surface area (Å²) in [7, 11) is 0. The average molecular weight is 402 g/mol. The fraction of sp³-hybridized carbons (Fsp3) is 0.208. The topological polar surface area (TPSA) is 97.1 Å². The van der Waals surface area contributed by atoms with E-state index in [1.807, 2.05) is 69.3 Å². The van der Waals surface area contributed by atoms with Gasteiger partial charge >= 0.3 is 0 Å². The van der Waals surface area contributed by atoms with Crippen LogP contribution in [-0.2, 0) is 11.2 Å². The van der Waals surface area contributed by atoms with Crippen LogP contribution in [0.15, 0.2) is 60.8 Å². The van der Waals surface area contributed by atoms with Crippen molar-refractivity contribution in [2.24, 2.45) is 0 Å². The van der Waals surface area contributed by atoms with Gasteiger partial charge in [-0.15, -0.1) is 0 Å². The van der Waals surface area contributed by atoms with Crippen LogP contribution in [0.5, 0.6) is 0 Å². The van der Waals surface area contributed by atoms with E-state index in [1.165, 1.54) is 0 Å². The van der Waals surface area contributed by atoms with Crippen LogP contribution in [0, 0.1) is 6.92 Å². The molecule has 0 saturated heterocycles. The summed E-state index contributed by atoms with van der Waals surface area (Å²) in [4.78, 5) is 28.9. The minimum Gasteiger partial charge on any atom is -0.383 e. The maximum Gasteiger partial charge on any atom is 0.255 e. The largest absolute Gasteiger partial charge is 0.383 e. The van der Waals surface area contributed by atoms with Crippen LogP contribution in [0.3, 0.4) is 0 Å². The second kappa shape index (κ2) is 9.22. The van der Waals surface area contributed by atoms with Crippen molar-refractivity contribution in [2.45, 2.75) is 33.2 Å². The molecule has 0 radical (unpaired) electrons. The van der Waals surface area contributed by atoms with E-state index in [9.17, 15) is 9.59 Å². The van der Waals surface area contributed by atoms with Gasteiger partial charge in [-0.2, -0.15) is 0 Å². The number of nitrogens with one attached hydrogen (secondary N) is 2. The summed E-state index contributed by atoms with van der Waals surface area (Å²) in [6, 6.07) is 17.0. The van der Waals surface area contributed by atoms with Crippen molar-refractivity contribution in [3.8, 4) is 11.1 Å². The summed E-state index contributed by atoms with van der Waals surface area (Å²) in [6.45, 7) is 5.73. The fourth-order valence-electron chi connectivity index (χ4n) is 3.20. The number of nitrogens with zero attached hydrogens (tertiary/aromatic N) is 1. The second-order valence-corrected chi connectivity index (χ2v) is 7.53. The zero-order valence-electron chi connectivity index (χ0n) is 17.4. The van der Waals surface area contributed by atoms with E-state index in [-0.39, 0.29) is 23.7 Å². The number of rotatable bonds is 6. The number of pyridine rings is 1. The molecule has 0 aliphatic rings. The smallest absolute Gasteiger partial charge is 0.255 e. The average Bonchev–Trinajstić information content (AvgIpc) is 2.69. The number of amides is 2. The minimum absolute atomic E-state index is 0.000994. The van der Waals surface area contributed by atoms with Gasteiger partial charge in [0.05, 0.1) is 12.0 Å². The lowest BCUT2D eigenvalue weighted by Gasteiger charge is -2.13. The summed E-state index contributed by atoms with van der Waals surface area (Å²) in [5, 5.41) is 5.77. The van der Waals surface area contributed by atoms with Gasteiger partial charge in [0.25, 0.3) is 5.91 Å². The van der Waals surface area contributed by atoms with E-state index < -0.39 is 0 Å². The first-order valence-corrected chi connectivity index (χ1v) is 9.84. The summed E-state index contributed by atoms with van der Waals surface area (Å²) in [6.07, 6.45) is 1.97. The molecule has 1 aromatic heterocycles. The molecule has 2 aromatic carbocycles. The number of nitrogen functional groups attached to an aromatic ring is 1. The molecule has 4 N–H and O–H groups in total. The van der Waals surface area contributed by atoms with E-state index >= 15 is 0 Å². The van der Waals surface area contributed by atoms with Gasteiger partial charge in [-0.05, 0) is 55.7 Å². The van der Waals surface area contributed by atoms with Gasteiger partial charge in [-0.3, -0.25) is 9.59 Å². The summed E-state index contributed by atoms with van der Waals surface area (Å²) >= 11 is 0. The van der Waals surface area contributed by atoms with Crippen LogP contribution in [0.4, 0.5) is 11.5 Å². The molecule has 0 bridgehead atoms. The molecule has 0 spiro atoms. The van der Waals surface area contributed by atoms with Crippen LogP contribution in [0.2, 0.25) is 0 Å². The van der Waals surface area contributed by atoms with E-state index in [1.54, 1.807) is 12.3 Å². The molecule has 0 unspecified atom stereocenters. The minimum atomic E-state index is -0.251. The molecule has 6 nitrogen and oxygen atoms in total. The highest BCUT2D eigenvalue weighted by Crippen LogP contribution is 2.27. The zero-order valence-corrected chi connectivity index (χ0v) is 17.4. The fourth-order valence-corrected chi connectivity index (χ4v) is 3.20. The Kier molecular flexibility index (Phi) is 6.47. The highest BCUT2D eigenvalue weighted by atomic mass is 16.2. The molecule has 3 rings (SSSR count). The van der Waals surface area contributed by atoms with Gasteiger partial charge in [-0.1, -0.05) is 36.4 Å². The van der Waals surface area contributed by atoms with E-state index in [2.05, 4.69) is 15.6 Å². The third kappa shape index (κ3) is 5.23. The Balaban J connectivity index is 1.78. The molecule has 0 fully saturated rings. The third-order valence-electron chi connectivity index (χ3n) is 4.61. The van der Waals surface area contributed by atoms with Crippen LogP contribution in [0.25, 0.3) is 11.1 Å². The van der Waals surface area contributed by atoms with Gasteiger partial charge in [0.2, 0.25) is 5.91 Å². The second-order valence-electron chi connectivity index (χ2n) is 7.53. The normalized spacial score (nSPS) is 10.7. The van der Waals surface area contributed by atoms with Crippen LogP contribution in [-0.4, -0.2) is 22.8 Å². The summed E-state index contributed by atoms with van der Waals surface area (Å²) < 4.78 is 0. The molecule has 154 valence electrons. The Morgan fingerprint density at radius 3 is 2.47 bits per heavy atom. The number of nitrogens with two attached hydrogens (primary N) is 1.